The minimum absolute atomic E-state index is 0.0213. The van der Waals surface area contributed by atoms with E-state index in [9.17, 15) is 35.4 Å². The normalized spacial score (nSPS) is 52.2. The molecule has 35 atom stereocenters. The predicted octanol–water partition coefficient (Wildman–Crippen LogP) is 3.32. The fourth-order valence-corrected chi connectivity index (χ4v) is 17.6. The van der Waals surface area contributed by atoms with E-state index in [-0.39, 0.29) is 29.8 Å². The van der Waals surface area contributed by atoms with Crippen LogP contribution in [0.2, 0.25) is 0 Å². The Labute approximate surface area is 524 Å². The van der Waals surface area contributed by atoms with Crippen molar-refractivity contribution in [3.63, 3.8) is 0 Å². The van der Waals surface area contributed by atoms with Crippen molar-refractivity contribution >= 4 is 5.97 Å². The Bertz CT molecular complexity index is 2320. The van der Waals surface area contributed by atoms with Crippen LogP contribution >= 0.6 is 0 Å². The first-order valence-corrected chi connectivity index (χ1v) is 32.7. The van der Waals surface area contributed by atoms with Crippen LogP contribution in [0.5, 0.6) is 0 Å². The molecule has 25 heteroatoms. The Morgan fingerprint density at radius 3 is 1.57 bits per heavy atom. The molecule has 0 aromatic heterocycles. The summed E-state index contributed by atoms with van der Waals surface area (Å²) in [6.07, 6.45) is -9.28. The molecule has 25 nitrogen and oxygen atoms in total. The van der Waals surface area contributed by atoms with Crippen molar-refractivity contribution in [2.45, 2.75) is 311 Å². The second-order valence-corrected chi connectivity index (χ2v) is 27.7. The molecule has 6 aliphatic heterocycles. The molecule has 10 aliphatic rings. The van der Waals surface area contributed by atoms with Crippen LogP contribution in [0.25, 0.3) is 0 Å². The van der Waals surface area contributed by atoms with Gasteiger partial charge in [-0.3, -0.25) is 4.79 Å². The van der Waals surface area contributed by atoms with E-state index >= 15 is 0 Å². The van der Waals surface area contributed by atoms with Crippen LogP contribution in [-0.4, -0.2) is 256 Å². The molecule has 4 aliphatic carbocycles. The third-order valence-corrected chi connectivity index (χ3v) is 22.8. The standard InChI is InChI=1S/C64H106O25/c1-29-54(83-35(7)66)41(72-10)25-49(78-29)88-58-33(5)81-61(53(70)59(58)76-14)84-37-17-20-62(8)36(23-37)15-16-38-39(62)18-21-63(9)40(38)19-22-64(63,71)34(6)82-46-24-42(73-11)55(30(2)77-46)86-47-26-43(74-12)56(31(3)79-47)87-48-27-44(75-13)57(32(4)80-48)89-60-52(69)51(68)50(67)45(28-65)85-60/h15-16,29-34,36-61,65,67-71H,17-28H2,1-14H3/t29-,30+,31+,32+,33+,34+,36-,37-,38+,39-,40-,41+,42+,43+,44-,45+,46-,47-,48-,49-,50+,51-,52+,53+,54+,55+,56+,57+,58-,59+,60-,61-,62-,63-,64-/m0/s1. The molecule has 0 bridgehead atoms. The molecule has 10 rings (SSSR count). The molecule has 6 N–H and O–H groups in total. The molecule has 3 saturated carbocycles. The number of methoxy groups -OCH3 is 5. The van der Waals surface area contributed by atoms with E-state index in [1.807, 2.05) is 34.6 Å². The first-order valence-electron chi connectivity index (χ1n) is 32.7. The second-order valence-electron chi connectivity index (χ2n) is 27.7. The van der Waals surface area contributed by atoms with Crippen LogP contribution in [0.3, 0.4) is 0 Å². The topological polar surface area (TPSA) is 305 Å². The maximum atomic E-state index is 13.0. The number of hydrogen-bond acceptors (Lipinski definition) is 25. The van der Waals surface area contributed by atoms with Crippen molar-refractivity contribution in [1.29, 1.82) is 0 Å². The highest BCUT2D eigenvalue weighted by atomic mass is 16.8. The Morgan fingerprint density at radius 1 is 0.528 bits per heavy atom. The molecule has 6 saturated heterocycles. The first-order chi connectivity index (χ1) is 42.3. The number of allylic oxidation sites excluding steroid dienone is 2. The summed E-state index contributed by atoms with van der Waals surface area (Å²) in [6.45, 7) is 16.8. The van der Waals surface area contributed by atoms with Gasteiger partial charge in [0, 0.05) is 73.6 Å². The zero-order valence-electron chi connectivity index (χ0n) is 54.6. The van der Waals surface area contributed by atoms with Crippen molar-refractivity contribution in [1.82, 2.24) is 0 Å². The monoisotopic (exact) mass is 1270 g/mol. The van der Waals surface area contributed by atoms with Gasteiger partial charge in [-0.1, -0.05) is 26.0 Å². The van der Waals surface area contributed by atoms with Gasteiger partial charge in [-0.15, -0.1) is 0 Å². The van der Waals surface area contributed by atoms with Crippen LogP contribution in [0.15, 0.2) is 12.2 Å². The summed E-state index contributed by atoms with van der Waals surface area (Å²) in [5, 5.41) is 65.7. The highest BCUT2D eigenvalue weighted by Crippen LogP contribution is 2.68. The summed E-state index contributed by atoms with van der Waals surface area (Å²) in [4.78, 5) is 11.8. The lowest BCUT2D eigenvalue weighted by Crippen LogP contribution is -2.62. The summed E-state index contributed by atoms with van der Waals surface area (Å²) in [5.74, 6) is 0.814. The van der Waals surface area contributed by atoms with Gasteiger partial charge in [-0.2, -0.15) is 0 Å². The van der Waals surface area contributed by atoms with E-state index in [0.717, 1.165) is 38.5 Å². The molecule has 0 amide bonds. The molecule has 0 radical (unpaired) electrons. The van der Waals surface area contributed by atoms with Crippen molar-refractivity contribution < 1.29 is 121 Å². The van der Waals surface area contributed by atoms with E-state index in [4.69, 9.17) is 85.3 Å². The lowest BCUT2D eigenvalue weighted by Gasteiger charge is -2.60. The van der Waals surface area contributed by atoms with Crippen molar-refractivity contribution in [3.8, 4) is 0 Å². The van der Waals surface area contributed by atoms with E-state index < -0.39 is 190 Å². The van der Waals surface area contributed by atoms with Crippen molar-refractivity contribution in [2.24, 2.45) is 34.5 Å². The van der Waals surface area contributed by atoms with Crippen LogP contribution in [-0.2, 0) is 90.1 Å². The number of fused-ring (bicyclic) bond motifs is 5. The summed E-state index contributed by atoms with van der Waals surface area (Å²) in [7, 11) is 7.89. The molecule has 6 heterocycles. The van der Waals surface area contributed by atoms with Crippen molar-refractivity contribution in [3.05, 3.63) is 12.2 Å². The number of carbonyl (C=O) groups is 1. The van der Waals surface area contributed by atoms with Gasteiger partial charge in [0.05, 0.1) is 73.2 Å². The molecule has 9 fully saturated rings. The van der Waals surface area contributed by atoms with Crippen molar-refractivity contribution in [2.75, 3.05) is 42.2 Å². The maximum Gasteiger partial charge on any atom is 0.303 e. The Balaban J connectivity index is 0.700. The van der Waals surface area contributed by atoms with E-state index in [0.29, 0.717) is 37.5 Å². The quantitative estimate of drug-likeness (QED) is 0.0752. The third kappa shape index (κ3) is 13.9. The zero-order valence-corrected chi connectivity index (χ0v) is 54.6. The van der Waals surface area contributed by atoms with Gasteiger partial charge in [0.1, 0.15) is 67.1 Å². The molecule has 89 heavy (non-hydrogen) atoms. The summed E-state index contributed by atoms with van der Waals surface area (Å²) >= 11 is 0. The van der Waals surface area contributed by atoms with E-state index in [1.165, 1.54) is 14.0 Å². The van der Waals surface area contributed by atoms with Gasteiger partial charge >= 0.3 is 5.97 Å². The molecule has 0 spiro atoms. The SMILES string of the molecule is CO[C@@H]1[C@@H](O)[C@H](O[C@H]2CC[C@@]3(C)[C@@H](C=C[C@@H]4[C@@H]3CC[C@@]3(C)[C@H]4CC[C@]3(O)[C@@H](C)O[C@H]3C[C@@H](OC)[C@H](O[C@H]4C[C@@H](OC)[C@H](O[C@H]5C[C@H](OC)[C@H](O[C@@H]6O[C@H](CO)[C@@H](O)[C@H](O)[C@H]6O)[C@@H](C)O5)[C@@H](C)O4)[C@@H](C)O3)C2)O[C@H](C)[C@@H]1O[C@H]1C[C@@H](OC)[C@H](OC(C)=O)[C@H](C)O1. The Hall–Kier alpha value is -1.71. The average Bonchev–Trinajstić information content (AvgIpc) is 1.68. The van der Waals surface area contributed by atoms with Crippen LogP contribution in [0.1, 0.15) is 133 Å². The number of aliphatic hydroxyl groups is 6. The van der Waals surface area contributed by atoms with Gasteiger partial charge in [-0.25, -0.2) is 0 Å². The zero-order chi connectivity index (χ0) is 64.2. The minimum Gasteiger partial charge on any atom is -0.457 e. The molecule has 0 aromatic carbocycles. The highest BCUT2D eigenvalue weighted by molar-refractivity contribution is 5.66. The lowest BCUT2D eigenvalue weighted by atomic mass is 9.46. The second kappa shape index (κ2) is 28.9. The van der Waals surface area contributed by atoms with E-state index in [2.05, 4.69) is 26.0 Å². The maximum absolute atomic E-state index is 13.0. The number of ether oxygens (including phenoxy) is 18. The molecule has 0 aromatic rings. The van der Waals surface area contributed by atoms with Crippen LogP contribution in [0, 0.1) is 34.5 Å². The van der Waals surface area contributed by atoms with Gasteiger partial charge in [0.25, 0.3) is 0 Å². The highest BCUT2D eigenvalue weighted by Gasteiger charge is 2.66. The molecule has 0 unspecified atom stereocenters. The fraction of sp³-hybridized carbons (Fsp3) is 0.953. The Kier molecular flexibility index (Phi) is 22.8. The first kappa shape index (κ1) is 70.1. The minimum atomic E-state index is -1.60. The van der Waals surface area contributed by atoms with Crippen LogP contribution in [0.4, 0.5) is 0 Å². The van der Waals surface area contributed by atoms with Gasteiger partial charge in [-0.05, 0) is 116 Å². The fourth-order valence-electron chi connectivity index (χ4n) is 17.6. The molecular weight excluding hydrogens is 1170 g/mol. The van der Waals surface area contributed by atoms with Gasteiger partial charge in [0.15, 0.2) is 43.8 Å². The summed E-state index contributed by atoms with van der Waals surface area (Å²) < 4.78 is 112. The number of aliphatic hydroxyl groups excluding tert-OH is 5. The summed E-state index contributed by atoms with van der Waals surface area (Å²) in [5.41, 5.74) is -1.50. The summed E-state index contributed by atoms with van der Waals surface area (Å²) in [6, 6.07) is 0. The van der Waals surface area contributed by atoms with E-state index in [1.54, 1.807) is 35.4 Å². The molecular formula is C64H106O25. The number of carbonyl (C=O) groups excluding carboxylic acids is 1. The average molecular weight is 1280 g/mol. The molecule has 512 valence electrons. The van der Waals surface area contributed by atoms with Gasteiger partial charge < -0.3 is 116 Å². The lowest BCUT2D eigenvalue weighted by molar-refractivity contribution is -0.357. The Morgan fingerprint density at radius 2 is 1.02 bits per heavy atom. The number of esters is 1. The number of hydrogen-bond donors (Lipinski definition) is 6. The smallest absolute Gasteiger partial charge is 0.303 e. The van der Waals surface area contributed by atoms with Gasteiger partial charge in [0.2, 0.25) is 0 Å². The van der Waals surface area contributed by atoms with Crippen LogP contribution < -0.4 is 0 Å². The predicted molar refractivity (Wildman–Crippen MR) is 311 cm³/mol. The third-order valence-electron chi connectivity index (χ3n) is 22.8. The largest absolute Gasteiger partial charge is 0.457 e. The number of rotatable bonds is 20.